The van der Waals surface area contributed by atoms with Crippen LogP contribution < -0.4 is 5.32 Å². The van der Waals surface area contributed by atoms with E-state index in [9.17, 15) is 4.79 Å². The van der Waals surface area contributed by atoms with Crippen molar-refractivity contribution < 1.29 is 9.53 Å². The van der Waals surface area contributed by atoms with Crippen molar-refractivity contribution in [1.82, 2.24) is 4.90 Å². The maximum atomic E-state index is 12.3. The summed E-state index contributed by atoms with van der Waals surface area (Å²) in [7, 11) is 0. The highest BCUT2D eigenvalue weighted by Gasteiger charge is 2.33. The van der Waals surface area contributed by atoms with Gasteiger partial charge in [-0.15, -0.1) is 0 Å². The van der Waals surface area contributed by atoms with Crippen molar-refractivity contribution in [3.63, 3.8) is 0 Å². The number of benzene rings is 1. The van der Waals surface area contributed by atoms with Crippen LogP contribution in [0.1, 0.15) is 13.3 Å². The van der Waals surface area contributed by atoms with Gasteiger partial charge in [0.25, 0.3) is 0 Å². The lowest BCUT2D eigenvalue weighted by Crippen LogP contribution is -2.45. The van der Waals surface area contributed by atoms with Gasteiger partial charge in [-0.2, -0.15) is 10.2 Å². The summed E-state index contributed by atoms with van der Waals surface area (Å²) in [5.74, 6) is 0.0848. The third kappa shape index (κ3) is 2.65. The minimum absolute atomic E-state index is 0.0848. The predicted molar refractivity (Wildman–Crippen MR) is 75.0 cm³/mol. The Kier molecular flexibility index (Phi) is 3.40. The summed E-state index contributed by atoms with van der Waals surface area (Å²) in [5, 5.41) is 11.8. The van der Waals surface area contributed by atoms with Gasteiger partial charge in [0, 0.05) is 13.1 Å². The Labute approximate surface area is 117 Å². The molecule has 1 aromatic rings. The average molecular weight is 274 g/mol. The lowest BCUT2D eigenvalue weighted by molar-refractivity contribution is -0.136. The number of fused-ring (bicyclic) bond motifs is 1. The Morgan fingerprint density at radius 1 is 1.40 bits per heavy atom. The molecule has 2 heterocycles. The summed E-state index contributed by atoms with van der Waals surface area (Å²) in [6, 6.07) is 7.71. The molecule has 106 valence electrons. The molecule has 1 amide bonds. The van der Waals surface area contributed by atoms with Gasteiger partial charge >= 0.3 is 0 Å². The van der Waals surface area contributed by atoms with E-state index in [1.165, 1.54) is 0 Å². The fourth-order valence-electron chi connectivity index (χ4n) is 2.44. The normalized spacial score (nSPS) is 24.9. The van der Waals surface area contributed by atoms with E-state index in [1.807, 2.05) is 36.1 Å². The molecule has 2 aliphatic rings. The molecule has 1 atom stereocenters. The summed E-state index contributed by atoms with van der Waals surface area (Å²) >= 11 is 0. The molecule has 1 unspecified atom stereocenters. The monoisotopic (exact) mass is 274 g/mol. The number of amides is 1. The van der Waals surface area contributed by atoms with Crippen LogP contribution in [-0.4, -0.2) is 42.8 Å². The molecule has 20 heavy (non-hydrogen) atoms. The standard InChI is InChI=1S/C14H18N4O2/c1-14(10-13(19)18-6-8-20-9-7-18)15-11-4-2-3-5-12(11)16-17-14/h2-5,15H,6-10H2,1H3. The molecule has 1 fully saturated rings. The number of nitrogens with one attached hydrogen (secondary N) is 1. The van der Waals surface area contributed by atoms with Crippen LogP contribution in [0.4, 0.5) is 11.4 Å². The van der Waals surface area contributed by atoms with E-state index in [1.54, 1.807) is 0 Å². The van der Waals surface area contributed by atoms with Crippen molar-refractivity contribution in [2.24, 2.45) is 10.2 Å². The number of para-hydroxylation sites is 1. The summed E-state index contributed by atoms with van der Waals surface area (Å²) in [6.07, 6.45) is 0.296. The number of morpholine rings is 1. The molecule has 0 saturated carbocycles. The van der Waals surface area contributed by atoms with Crippen molar-refractivity contribution in [1.29, 1.82) is 0 Å². The number of azo groups is 1. The fourth-order valence-corrected chi connectivity index (χ4v) is 2.44. The minimum Gasteiger partial charge on any atom is -0.378 e. The number of carbonyl (C=O) groups is 1. The van der Waals surface area contributed by atoms with Gasteiger partial charge in [0.15, 0.2) is 5.66 Å². The van der Waals surface area contributed by atoms with Crippen LogP contribution in [0.5, 0.6) is 0 Å². The zero-order valence-corrected chi connectivity index (χ0v) is 11.5. The van der Waals surface area contributed by atoms with E-state index in [-0.39, 0.29) is 5.91 Å². The molecule has 1 aromatic carbocycles. The van der Waals surface area contributed by atoms with Gasteiger partial charge in [-0.05, 0) is 19.1 Å². The predicted octanol–water partition coefficient (Wildman–Crippen LogP) is 2.16. The first kappa shape index (κ1) is 13.1. The Bertz CT molecular complexity index is 540. The van der Waals surface area contributed by atoms with Gasteiger partial charge < -0.3 is 15.0 Å². The summed E-state index contributed by atoms with van der Waals surface area (Å²) in [4.78, 5) is 14.1. The number of anilines is 1. The number of hydrogen-bond acceptors (Lipinski definition) is 5. The molecule has 0 spiro atoms. The molecule has 0 aliphatic carbocycles. The van der Waals surface area contributed by atoms with Crippen LogP contribution in [-0.2, 0) is 9.53 Å². The van der Waals surface area contributed by atoms with E-state index in [2.05, 4.69) is 15.5 Å². The van der Waals surface area contributed by atoms with E-state index in [0.717, 1.165) is 11.4 Å². The maximum absolute atomic E-state index is 12.3. The number of ether oxygens (including phenoxy) is 1. The topological polar surface area (TPSA) is 66.3 Å². The van der Waals surface area contributed by atoms with Gasteiger partial charge in [-0.1, -0.05) is 12.1 Å². The highest BCUT2D eigenvalue weighted by molar-refractivity contribution is 5.79. The first-order valence-corrected chi connectivity index (χ1v) is 6.82. The van der Waals surface area contributed by atoms with Gasteiger partial charge in [0.05, 0.1) is 25.3 Å². The molecule has 0 radical (unpaired) electrons. The third-order valence-corrected chi connectivity index (χ3v) is 3.55. The molecule has 1 N–H and O–H groups in total. The zero-order valence-electron chi connectivity index (χ0n) is 11.5. The second kappa shape index (κ2) is 5.20. The van der Waals surface area contributed by atoms with Gasteiger partial charge in [0.1, 0.15) is 5.69 Å². The number of carbonyl (C=O) groups excluding carboxylic acids is 1. The molecule has 0 aromatic heterocycles. The molecule has 6 nitrogen and oxygen atoms in total. The Morgan fingerprint density at radius 3 is 2.95 bits per heavy atom. The lowest BCUT2D eigenvalue weighted by atomic mass is 10.1. The SMILES string of the molecule is CC1(CC(=O)N2CCOCC2)N=Nc2ccccc2N1. The highest BCUT2D eigenvalue weighted by Crippen LogP contribution is 2.34. The lowest BCUT2D eigenvalue weighted by Gasteiger charge is -2.33. The van der Waals surface area contributed by atoms with E-state index in [4.69, 9.17) is 4.74 Å². The van der Waals surface area contributed by atoms with Crippen LogP contribution in [0.25, 0.3) is 0 Å². The number of nitrogens with zero attached hydrogens (tertiary/aromatic N) is 3. The quantitative estimate of drug-likeness (QED) is 0.898. The Balaban J connectivity index is 1.70. The van der Waals surface area contributed by atoms with Crippen molar-refractivity contribution in [2.75, 3.05) is 31.6 Å². The second-order valence-corrected chi connectivity index (χ2v) is 5.29. The summed E-state index contributed by atoms with van der Waals surface area (Å²) in [6.45, 7) is 4.43. The van der Waals surface area contributed by atoms with Crippen molar-refractivity contribution >= 4 is 17.3 Å². The number of hydrogen-bond donors (Lipinski definition) is 1. The average Bonchev–Trinajstić information content (AvgIpc) is 2.47. The van der Waals surface area contributed by atoms with E-state index < -0.39 is 5.66 Å². The first-order valence-electron chi connectivity index (χ1n) is 6.82. The van der Waals surface area contributed by atoms with Crippen LogP contribution in [0, 0.1) is 0 Å². The molecule has 1 saturated heterocycles. The number of rotatable bonds is 2. The van der Waals surface area contributed by atoms with Crippen molar-refractivity contribution in [3.8, 4) is 0 Å². The van der Waals surface area contributed by atoms with Crippen LogP contribution >= 0.6 is 0 Å². The smallest absolute Gasteiger partial charge is 0.227 e. The molecule has 3 rings (SSSR count). The van der Waals surface area contributed by atoms with Crippen LogP contribution in [0.3, 0.4) is 0 Å². The van der Waals surface area contributed by atoms with E-state index in [0.29, 0.717) is 32.7 Å². The molecular weight excluding hydrogens is 256 g/mol. The van der Waals surface area contributed by atoms with Crippen LogP contribution in [0.15, 0.2) is 34.5 Å². The van der Waals surface area contributed by atoms with Gasteiger partial charge in [-0.25, -0.2) is 0 Å². The maximum Gasteiger partial charge on any atom is 0.227 e. The molecule has 2 aliphatic heterocycles. The molecule has 6 heteroatoms. The zero-order chi connectivity index (χ0) is 14.0. The summed E-state index contributed by atoms with van der Waals surface area (Å²) in [5.41, 5.74) is 1.05. The fraction of sp³-hybridized carbons (Fsp3) is 0.500. The molecule has 0 bridgehead atoms. The summed E-state index contributed by atoms with van der Waals surface area (Å²) < 4.78 is 5.26. The second-order valence-electron chi connectivity index (χ2n) is 5.29. The van der Waals surface area contributed by atoms with Crippen molar-refractivity contribution in [3.05, 3.63) is 24.3 Å². The van der Waals surface area contributed by atoms with Gasteiger partial charge in [0.2, 0.25) is 5.91 Å². The highest BCUT2D eigenvalue weighted by atomic mass is 16.5. The Morgan fingerprint density at radius 2 is 2.15 bits per heavy atom. The largest absolute Gasteiger partial charge is 0.378 e. The Hall–Kier alpha value is -1.95. The van der Waals surface area contributed by atoms with Gasteiger partial charge in [-0.3, -0.25) is 4.79 Å². The first-order chi connectivity index (χ1) is 9.66. The minimum atomic E-state index is -0.677. The van der Waals surface area contributed by atoms with E-state index >= 15 is 0 Å². The molecular formula is C14H18N4O2. The van der Waals surface area contributed by atoms with Crippen molar-refractivity contribution in [2.45, 2.75) is 19.0 Å². The van der Waals surface area contributed by atoms with Crippen LogP contribution in [0.2, 0.25) is 0 Å². The third-order valence-electron chi connectivity index (χ3n) is 3.55.